The van der Waals surface area contributed by atoms with E-state index in [0.29, 0.717) is 5.56 Å². The maximum absolute atomic E-state index is 12.2. The minimum Gasteiger partial charge on any atom is -0.350 e. The number of hydrogen-bond acceptors (Lipinski definition) is 3. The first kappa shape index (κ1) is 16.7. The van der Waals surface area contributed by atoms with Gasteiger partial charge in [0.25, 0.3) is 5.91 Å². The normalized spacial score (nSPS) is 13.0. The molecule has 120 valence electrons. The first-order valence-corrected chi connectivity index (χ1v) is 7.52. The van der Waals surface area contributed by atoms with Crippen molar-refractivity contribution in [2.75, 3.05) is 6.54 Å². The lowest BCUT2D eigenvalue weighted by atomic mass is 10.1. The van der Waals surface area contributed by atoms with Gasteiger partial charge in [0.1, 0.15) is 0 Å². The molecule has 5 nitrogen and oxygen atoms in total. The summed E-state index contributed by atoms with van der Waals surface area (Å²) < 4.78 is 0. The number of nitrogens with one attached hydrogen (secondary N) is 2. The third-order valence-corrected chi connectivity index (χ3v) is 3.43. The Morgan fingerprint density at radius 1 is 1.00 bits per heavy atom. The topological polar surface area (TPSA) is 84.2 Å². The average Bonchev–Trinajstić information content (AvgIpc) is 2.59. The molecule has 0 saturated carbocycles. The molecule has 4 N–H and O–H groups in total. The predicted octanol–water partition coefficient (Wildman–Crippen LogP) is 1.62. The number of carbonyl (C=O) groups is 2. The fraction of sp³-hybridized carbons (Fsp3) is 0.222. The molecule has 2 aromatic carbocycles. The Kier molecular flexibility index (Phi) is 5.88. The molecule has 0 aliphatic heterocycles. The summed E-state index contributed by atoms with van der Waals surface area (Å²) in [6.45, 7) is 1.91. The van der Waals surface area contributed by atoms with Crippen LogP contribution in [0.4, 0.5) is 0 Å². The summed E-state index contributed by atoms with van der Waals surface area (Å²) in [6, 6.07) is 17.5. The van der Waals surface area contributed by atoms with E-state index < -0.39 is 6.04 Å². The van der Waals surface area contributed by atoms with Gasteiger partial charge in [-0.3, -0.25) is 9.59 Å². The van der Waals surface area contributed by atoms with E-state index >= 15 is 0 Å². The lowest BCUT2D eigenvalue weighted by molar-refractivity contribution is -0.122. The Morgan fingerprint density at radius 3 is 2.13 bits per heavy atom. The Bertz CT molecular complexity index is 642. The second-order valence-electron chi connectivity index (χ2n) is 5.34. The maximum Gasteiger partial charge on any atom is 0.251 e. The number of rotatable bonds is 6. The van der Waals surface area contributed by atoms with Crippen LogP contribution in [0.3, 0.4) is 0 Å². The molecular weight excluding hydrogens is 290 g/mol. The summed E-state index contributed by atoms with van der Waals surface area (Å²) >= 11 is 0. The molecule has 0 radical (unpaired) electrons. The number of nitrogens with two attached hydrogens (primary N) is 1. The van der Waals surface area contributed by atoms with E-state index in [0.717, 1.165) is 5.56 Å². The molecule has 0 unspecified atom stereocenters. The quantitative estimate of drug-likeness (QED) is 0.758. The lowest BCUT2D eigenvalue weighted by Crippen LogP contribution is -2.44. The molecule has 0 aliphatic rings. The van der Waals surface area contributed by atoms with Crippen molar-refractivity contribution in [3.8, 4) is 0 Å². The lowest BCUT2D eigenvalue weighted by Gasteiger charge is -2.21. The molecule has 0 heterocycles. The third kappa shape index (κ3) is 4.93. The minimum absolute atomic E-state index is 0.179. The molecule has 0 aromatic heterocycles. The number of hydrogen-bond donors (Lipinski definition) is 3. The Labute approximate surface area is 135 Å². The van der Waals surface area contributed by atoms with E-state index in [2.05, 4.69) is 10.6 Å². The average molecular weight is 311 g/mol. The molecule has 2 amide bonds. The molecule has 0 saturated heterocycles. The van der Waals surface area contributed by atoms with Gasteiger partial charge in [-0.25, -0.2) is 0 Å². The van der Waals surface area contributed by atoms with E-state index in [1.807, 2.05) is 48.5 Å². The van der Waals surface area contributed by atoms with Crippen molar-refractivity contribution in [2.45, 2.75) is 19.0 Å². The standard InChI is InChI=1S/C18H21N3O2/c1-13(19)17(22)21-16(14-8-4-2-5-9-14)12-20-18(23)15-10-6-3-7-11-15/h2-11,13,16H,12,19H2,1H3,(H,20,23)(H,21,22)/t13-,16+/m0/s1. The van der Waals surface area contributed by atoms with Gasteiger partial charge in [0.2, 0.25) is 5.91 Å². The fourth-order valence-corrected chi connectivity index (χ4v) is 2.13. The molecule has 0 bridgehead atoms. The van der Waals surface area contributed by atoms with Crippen LogP contribution >= 0.6 is 0 Å². The maximum atomic E-state index is 12.2. The largest absolute Gasteiger partial charge is 0.350 e. The third-order valence-electron chi connectivity index (χ3n) is 3.43. The van der Waals surface area contributed by atoms with Crippen LogP contribution in [0.5, 0.6) is 0 Å². The zero-order chi connectivity index (χ0) is 16.7. The van der Waals surface area contributed by atoms with Crippen LogP contribution in [0, 0.1) is 0 Å². The molecule has 0 fully saturated rings. The highest BCUT2D eigenvalue weighted by Crippen LogP contribution is 2.12. The Balaban J connectivity index is 2.06. The molecule has 2 atom stereocenters. The van der Waals surface area contributed by atoms with Gasteiger partial charge >= 0.3 is 0 Å². The van der Waals surface area contributed by atoms with Crippen LogP contribution in [0.15, 0.2) is 60.7 Å². The first-order valence-electron chi connectivity index (χ1n) is 7.52. The zero-order valence-electron chi connectivity index (χ0n) is 13.0. The van der Waals surface area contributed by atoms with Gasteiger partial charge < -0.3 is 16.4 Å². The van der Waals surface area contributed by atoms with Crippen molar-refractivity contribution >= 4 is 11.8 Å². The smallest absolute Gasteiger partial charge is 0.251 e. The monoisotopic (exact) mass is 311 g/mol. The summed E-state index contributed by atoms with van der Waals surface area (Å²) in [5, 5.41) is 5.71. The van der Waals surface area contributed by atoms with E-state index in [4.69, 9.17) is 5.73 Å². The summed E-state index contributed by atoms with van der Waals surface area (Å²) in [7, 11) is 0. The highest BCUT2D eigenvalue weighted by atomic mass is 16.2. The van der Waals surface area contributed by atoms with Crippen molar-refractivity contribution in [3.05, 3.63) is 71.8 Å². The van der Waals surface area contributed by atoms with Gasteiger partial charge in [-0.05, 0) is 24.6 Å². The molecule has 23 heavy (non-hydrogen) atoms. The summed E-state index contributed by atoms with van der Waals surface area (Å²) in [6.07, 6.45) is 0. The van der Waals surface area contributed by atoms with Gasteiger partial charge in [0.15, 0.2) is 0 Å². The van der Waals surface area contributed by atoms with Crippen LogP contribution in [-0.2, 0) is 4.79 Å². The molecule has 0 spiro atoms. The minimum atomic E-state index is -0.606. The Hall–Kier alpha value is -2.66. The second kappa shape index (κ2) is 8.10. The highest BCUT2D eigenvalue weighted by molar-refractivity contribution is 5.94. The Morgan fingerprint density at radius 2 is 1.57 bits per heavy atom. The van der Waals surface area contributed by atoms with Crippen LogP contribution in [0.25, 0.3) is 0 Å². The second-order valence-corrected chi connectivity index (χ2v) is 5.34. The molecule has 2 rings (SSSR count). The van der Waals surface area contributed by atoms with Crippen LogP contribution < -0.4 is 16.4 Å². The van der Waals surface area contributed by atoms with Crippen LogP contribution in [-0.4, -0.2) is 24.4 Å². The van der Waals surface area contributed by atoms with Crippen molar-refractivity contribution in [3.63, 3.8) is 0 Å². The van der Waals surface area contributed by atoms with Crippen LogP contribution in [0.2, 0.25) is 0 Å². The summed E-state index contributed by atoms with van der Waals surface area (Å²) in [5.74, 6) is -0.436. The van der Waals surface area contributed by atoms with Gasteiger partial charge in [-0.15, -0.1) is 0 Å². The number of amides is 2. The summed E-state index contributed by atoms with van der Waals surface area (Å²) in [5.41, 5.74) is 7.10. The molecule has 0 aliphatic carbocycles. The van der Waals surface area contributed by atoms with Gasteiger partial charge in [0.05, 0.1) is 12.1 Å². The van der Waals surface area contributed by atoms with Gasteiger partial charge in [-0.1, -0.05) is 48.5 Å². The molecule has 2 aromatic rings. The van der Waals surface area contributed by atoms with Gasteiger partial charge in [-0.2, -0.15) is 0 Å². The predicted molar refractivity (Wildman–Crippen MR) is 89.8 cm³/mol. The van der Waals surface area contributed by atoms with E-state index in [9.17, 15) is 9.59 Å². The number of carbonyl (C=O) groups excluding carboxylic acids is 2. The first-order chi connectivity index (χ1) is 11.1. The van der Waals surface area contributed by atoms with Gasteiger partial charge in [0, 0.05) is 12.1 Å². The fourth-order valence-electron chi connectivity index (χ4n) is 2.13. The number of benzene rings is 2. The van der Waals surface area contributed by atoms with Crippen molar-refractivity contribution in [1.82, 2.24) is 10.6 Å². The van der Waals surface area contributed by atoms with Crippen molar-refractivity contribution in [1.29, 1.82) is 0 Å². The van der Waals surface area contributed by atoms with E-state index in [1.54, 1.807) is 19.1 Å². The summed E-state index contributed by atoms with van der Waals surface area (Å²) in [4.78, 5) is 24.0. The molecule has 5 heteroatoms. The van der Waals surface area contributed by atoms with E-state index in [-0.39, 0.29) is 24.4 Å². The highest BCUT2D eigenvalue weighted by Gasteiger charge is 2.17. The van der Waals surface area contributed by atoms with Crippen LogP contribution in [0.1, 0.15) is 28.9 Å². The zero-order valence-corrected chi connectivity index (χ0v) is 13.0. The molecular formula is C18H21N3O2. The van der Waals surface area contributed by atoms with E-state index in [1.165, 1.54) is 0 Å². The SMILES string of the molecule is C[C@H](N)C(=O)N[C@H](CNC(=O)c1ccccc1)c1ccccc1. The van der Waals surface area contributed by atoms with Crippen molar-refractivity contribution in [2.24, 2.45) is 5.73 Å². The van der Waals surface area contributed by atoms with Crippen molar-refractivity contribution < 1.29 is 9.59 Å².